The van der Waals surface area contributed by atoms with Crippen LogP contribution >= 0.6 is 0 Å². The minimum atomic E-state index is -0.943. The van der Waals surface area contributed by atoms with E-state index in [1.54, 1.807) is 6.08 Å². The molecule has 0 spiro atoms. The molecule has 0 nitrogen and oxygen atoms in total. The monoisotopic (exact) mass is 440 g/mol. The zero-order valence-corrected chi connectivity index (χ0v) is 20.4. The molecule has 0 aliphatic heterocycles. The first-order valence-electron chi connectivity index (χ1n) is 12.8. The van der Waals surface area contributed by atoms with Crippen molar-refractivity contribution in [2.75, 3.05) is 0 Å². The summed E-state index contributed by atoms with van der Waals surface area (Å²) in [7, 11) is 0. The lowest BCUT2D eigenvalue weighted by molar-refractivity contribution is 0.278. The van der Waals surface area contributed by atoms with Gasteiger partial charge in [0.1, 0.15) is 6.17 Å². The molecule has 0 heterocycles. The van der Waals surface area contributed by atoms with Crippen molar-refractivity contribution in [2.24, 2.45) is 17.8 Å². The van der Waals surface area contributed by atoms with E-state index < -0.39 is 6.17 Å². The highest BCUT2D eigenvalue weighted by Gasteiger charge is 2.19. The van der Waals surface area contributed by atoms with Gasteiger partial charge in [0.15, 0.2) is 0 Å². The summed E-state index contributed by atoms with van der Waals surface area (Å²) in [5.41, 5.74) is 6.84. The molecular formula is C32H37F. The Morgan fingerprint density at radius 1 is 0.818 bits per heavy atom. The van der Waals surface area contributed by atoms with E-state index in [0.29, 0.717) is 0 Å². The van der Waals surface area contributed by atoms with Gasteiger partial charge in [-0.2, -0.15) is 0 Å². The normalized spacial score (nSPS) is 25.0. The summed E-state index contributed by atoms with van der Waals surface area (Å²) in [5.74, 6) is 8.21. The van der Waals surface area contributed by atoms with E-state index in [9.17, 15) is 4.39 Å². The Labute approximate surface area is 200 Å². The van der Waals surface area contributed by atoms with Crippen LogP contribution in [0.2, 0.25) is 0 Å². The highest BCUT2D eigenvalue weighted by molar-refractivity contribution is 5.65. The van der Waals surface area contributed by atoms with Gasteiger partial charge in [-0.05, 0) is 71.6 Å². The topological polar surface area (TPSA) is 0 Å². The molecule has 0 amide bonds. The van der Waals surface area contributed by atoms with Crippen molar-refractivity contribution in [3.63, 3.8) is 0 Å². The largest absolute Gasteiger partial charge is 0.242 e. The van der Waals surface area contributed by atoms with Crippen LogP contribution in [0.25, 0.3) is 11.1 Å². The van der Waals surface area contributed by atoms with Crippen molar-refractivity contribution >= 4 is 0 Å². The van der Waals surface area contributed by atoms with Crippen LogP contribution in [-0.2, 0) is 6.42 Å². The zero-order valence-electron chi connectivity index (χ0n) is 20.4. The first kappa shape index (κ1) is 23.6. The summed E-state index contributed by atoms with van der Waals surface area (Å²) in [6.07, 6.45) is 11.8. The summed E-state index contributed by atoms with van der Waals surface area (Å²) in [5, 5.41) is 0. The number of hydrogen-bond acceptors (Lipinski definition) is 0. The Morgan fingerprint density at radius 2 is 1.45 bits per heavy atom. The van der Waals surface area contributed by atoms with E-state index >= 15 is 0 Å². The van der Waals surface area contributed by atoms with Gasteiger partial charge in [-0.25, -0.2) is 4.39 Å². The van der Waals surface area contributed by atoms with E-state index in [1.165, 1.54) is 55.2 Å². The molecule has 33 heavy (non-hydrogen) atoms. The number of allylic oxidation sites excluding steroid dienone is 4. The molecule has 2 aliphatic rings. The van der Waals surface area contributed by atoms with Crippen LogP contribution in [0.1, 0.15) is 70.4 Å². The third-order valence-electron chi connectivity index (χ3n) is 7.51. The molecule has 1 fully saturated rings. The summed E-state index contributed by atoms with van der Waals surface area (Å²) in [4.78, 5) is 0. The van der Waals surface area contributed by atoms with Gasteiger partial charge in [-0.1, -0.05) is 101 Å². The Kier molecular flexibility index (Phi) is 7.87. The Balaban J connectivity index is 1.36. The molecular weight excluding hydrogens is 403 g/mol. The fourth-order valence-electron chi connectivity index (χ4n) is 5.09. The predicted molar refractivity (Wildman–Crippen MR) is 139 cm³/mol. The van der Waals surface area contributed by atoms with Crippen LogP contribution in [-0.4, -0.2) is 6.17 Å². The van der Waals surface area contributed by atoms with Gasteiger partial charge in [0, 0.05) is 17.1 Å². The van der Waals surface area contributed by atoms with Crippen LogP contribution in [0, 0.1) is 29.6 Å². The van der Waals surface area contributed by atoms with Gasteiger partial charge >= 0.3 is 0 Å². The van der Waals surface area contributed by atoms with Gasteiger partial charge in [-0.3, -0.25) is 0 Å². The molecule has 172 valence electrons. The van der Waals surface area contributed by atoms with Crippen molar-refractivity contribution in [3.05, 3.63) is 83.0 Å². The van der Waals surface area contributed by atoms with Crippen molar-refractivity contribution in [2.45, 2.75) is 71.9 Å². The van der Waals surface area contributed by atoms with Crippen LogP contribution in [0.3, 0.4) is 0 Å². The van der Waals surface area contributed by atoms with Crippen LogP contribution < -0.4 is 0 Å². The summed E-state index contributed by atoms with van der Waals surface area (Å²) >= 11 is 0. The minimum Gasteiger partial charge on any atom is -0.242 e. The number of rotatable bonds is 5. The van der Waals surface area contributed by atoms with E-state index in [-0.39, 0.29) is 5.92 Å². The second kappa shape index (κ2) is 11.0. The third-order valence-corrected chi connectivity index (χ3v) is 7.51. The molecule has 1 saturated carbocycles. The van der Waals surface area contributed by atoms with Gasteiger partial charge in [-0.15, -0.1) is 0 Å². The number of alkyl halides is 1. The Morgan fingerprint density at radius 3 is 2.09 bits per heavy atom. The first-order chi connectivity index (χ1) is 16.0. The highest BCUT2D eigenvalue weighted by Crippen LogP contribution is 2.31. The van der Waals surface area contributed by atoms with Gasteiger partial charge in [0.2, 0.25) is 0 Å². The lowest BCUT2D eigenvalue weighted by Crippen LogP contribution is -2.13. The first-order valence-corrected chi connectivity index (χ1v) is 12.8. The maximum Gasteiger partial charge on any atom is 0.126 e. The average molecular weight is 441 g/mol. The predicted octanol–water partition coefficient (Wildman–Crippen LogP) is 8.71. The summed E-state index contributed by atoms with van der Waals surface area (Å²) in [6, 6.07) is 17.5. The number of hydrogen-bond donors (Lipinski definition) is 0. The smallest absolute Gasteiger partial charge is 0.126 e. The lowest BCUT2D eigenvalue weighted by atomic mass is 9.80. The van der Waals surface area contributed by atoms with Crippen LogP contribution in [0.5, 0.6) is 0 Å². The van der Waals surface area contributed by atoms with E-state index in [0.717, 1.165) is 35.0 Å². The minimum absolute atomic E-state index is 0.0627. The fourth-order valence-corrected chi connectivity index (χ4v) is 5.09. The van der Waals surface area contributed by atoms with E-state index in [1.807, 2.05) is 13.0 Å². The van der Waals surface area contributed by atoms with Crippen LogP contribution in [0.4, 0.5) is 4.39 Å². The van der Waals surface area contributed by atoms with Gasteiger partial charge in [0.05, 0.1) is 0 Å². The molecule has 4 rings (SSSR count). The van der Waals surface area contributed by atoms with E-state index in [4.69, 9.17) is 0 Å². The average Bonchev–Trinajstić information content (AvgIpc) is 2.85. The van der Waals surface area contributed by atoms with Crippen molar-refractivity contribution in [3.8, 4) is 23.0 Å². The van der Waals surface area contributed by atoms with Gasteiger partial charge in [0.25, 0.3) is 0 Å². The molecule has 0 aromatic heterocycles. The number of halogens is 1. The summed E-state index contributed by atoms with van der Waals surface area (Å²) in [6.45, 7) is 6.41. The van der Waals surface area contributed by atoms with E-state index in [2.05, 4.69) is 74.2 Å². The third kappa shape index (κ3) is 6.26. The lowest BCUT2D eigenvalue weighted by Gasteiger charge is -2.26. The molecule has 1 heteroatoms. The Hall–Kier alpha value is -2.59. The molecule has 2 unspecified atom stereocenters. The van der Waals surface area contributed by atoms with Crippen molar-refractivity contribution in [1.82, 2.24) is 0 Å². The van der Waals surface area contributed by atoms with Crippen LogP contribution in [0.15, 0.2) is 71.8 Å². The summed E-state index contributed by atoms with van der Waals surface area (Å²) < 4.78 is 14.1. The molecule has 0 saturated heterocycles. The molecule has 2 aromatic rings. The maximum absolute atomic E-state index is 14.1. The molecule has 2 atom stereocenters. The second-order valence-electron chi connectivity index (χ2n) is 10.1. The molecule has 0 bridgehead atoms. The van der Waals surface area contributed by atoms with Gasteiger partial charge < -0.3 is 0 Å². The molecule has 0 N–H and O–H groups in total. The standard InChI is InChI=1S/C32H37F/c1-4-28-21-24(3)32(33)22-31(28)20-15-27-13-18-30(19-14-27)29-16-11-26(12-17-29)10-9-25-7-5-23(2)6-8-25/h11-14,16-19,21-25,32H,4-10H2,1-3H3. The second-order valence-corrected chi connectivity index (χ2v) is 10.1. The van der Waals surface area contributed by atoms with Crippen molar-refractivity contribution in [1.29, 1.82) is 0 Å². The van der Waals surface area contributed by atoms with Crippen molar-refractivity contribution < 1.29 is 4.39 Å². The fraction of sp³-hybridized carbons (Fsp3) is 0.438. The molecule has 2 aliphatic carbocycles. The molecule has 0 radical (unpaired) electrons. The number of aryl methyl sites for hydroxylation is 1. The maximum atomic E-state index is 14.1. The Bertz CT molecular complexity index is 1030. The molecule has 2 aromatic carbocycles. The number of benzene rings is 2. The quantitative estimate of drug-likeness (QED) is 0.408. The SMILES string of the molecule is CCC1=CC(C)C(F)C=C1C#Cc1ccc(-c2ccc(CCC3CCC(C)CC3)cc2)cc1. The zero-order chi connectivity index (χ0) is 23.2. The highest BCUT2D eigenvalue weighted by atomic mass is 19.1.